The maximum absolute atomic E-state index is 13.0. The Hall–Kier alpha value is -2.84. The van der Waals surface area contributed by atoms with Crippen LogP contribution in [-0.4, -0.2) is 10.2 Å². The van der Waals surface area contributed by atoms with E-state index < -0.39 is 34.6 Å². The molecule has 0 aliphatic heterocycles. The number of alkyl halides is 6. The summed E-state index contributed by atoms with van der Waals surface area (Å²) < 4.78 is 77.9. The van der Waals surface area contributed by atoms with Crippen molar-refractivity contribution in [3.8, 4) is 11.3 Å². The number of aromatic amines is 1. The molecule has 0 atom stereocenters. The van der Waals surface area contributed by atoms with Gasteiger partial charge in [0.1, 0.15) is 0 Å². The molecule has 0 spiro atoms. The summed E-state index contributed by atoms with van der Waals surface area (Å²) in [6, 6.07) is 7.01. The van der Waals surface area contributed by atoms with E-state index in [4.69, 9.17) is 0 Å². The van der Waals surface area contributed by atoms with Crippen molar-refractivity contribution in [3.63, 3.8) is 0 Å². The quantitative estimate of drug-likeness (QED) is 0.645. The van der Waals surface area contributed by atoms with Crippen LogP contribution in [0.2, 0.25) is 0 Å². The third-order valence-corrected chi connectivity index (χ3v) is 3.56. The molecule has 0 aliphatic rings. The van der Waals surface area contributed by atoms with Gasteiger partial charge in [-0.3, -0.25) is 4.79 Å². The topological polar surface area (TPSA) is 45.8 Å². The molecule has 130 valence electrons. The first kappa shape index (κ1) is 17.0. The van der Waals surface area contributed by atoms with Crippen LogP contribution >= 0.6 is 0 Å². The minimum absolute atomic E-state index is 0.0391. The standard InChI is InChI=1S/C16H8F6N2O/c17-15(18,19)9-5-8(6-10(7-9)16(20,21)22)13-11-3-1-2-4-12(11)14(25)24-23-13/h1-7H,(H,24,25). The lowest BCUT2D eigenvalue weighted by Gasteiger charge is -2.14. The van der Waals surface area contributed by atoms with Crippen molar-refractivity contribution < 1.29 is 26.3 Å². The highest BCUT2D eigenvalue weighted by atomic mass is 19.4. The van der Waals surface area contributed by atoms with Crippen LogP contribution in [0.3, 0.4) is 0 Å². The largest absolute Gasteiger partial charge is 0.416 e. The van der Waals surface area contributed by atoms with E-state index in [1.54, 1.807) is 0 Å². The van der Waals surface area contributed by atoms with E-state index >= 15 is 0 Å². The molecule has 25 heavy (non-hydrogen) atoms. The number of fused-ring (bicyclic) bond motifs is 1. The Morgan fingerprint density at radius 2 is 1.32 bits per heavy atom. The van der Waals surface area contributed by atoms with Crippen molar-refractivity contribution in [2.75, 3.05) is 0 Å². The molecule has 1 N–H and O–H groups in total. The van der Waals surface area contributed by atoms with Gasteiger partial charge in [0.15, 0.2) is 0 Å². The summed E-state index contributed by atoms with van der Waals surface area (Å²) >= 11 is 0. The number of hydrogen-bond acceptors (Lipinski definition) is 2. The summed E-state index contributed by atoms with van der Waals surface area (Å²) in [6.07, 6.45) is -9.93. The number of halogens is 6. The van der Waals surface area contributed by atoms with Crippen LogP contribution in [0.15, 0.2) is 47.3 Å². The highest BCUT2D eigenvalue weighted by Crippen LogP contribution is 2.39. The molecule has 0 bridgehead atoms. The summed E-state index contributed by atoms with van der Waals surface area (Å²) in [5, 5.41) is 6.00. The Balaban J connectivity index is 2.35. The molecule has 3 nitrogen and oxygen atoms in total. The van der Waals surface area contributed by atoms with Gasteiger partial charge in [-0.25, -0.2) is 5.10 Å². The molecular weight excluding hydrogens is 350 g/mol. The van der Waals surface area contributed by atoms with Gasteiger partial charge in [-0.1, -0.05) is 18.2 Å². The van der Waals surface area contributed by atoms with E-state index in [9.17, 15) is 31.1 Å². The minimum atomic E-state index is -4.96. The minimum Gasteiger partial charge on any atom is -0.267 e. The molecule has 1 aromatic heterocycles. The lowest BCUT2D eigenvalue weighted by molar-refractivity contribution is -0.143. The summed E-state index contributed by atoms with van der Waals surface area (Å²) in [5.41, 5.74) is -4.06. The van der Waals surface area contributed by atoms with Crippen molar-refractivity contribution in [1.82, 2.24) is 10.2 Å². The van der Waals surface area contributed by atoms with E-state index in [1.165, 1.54) is 24.3 Å². The first-order valence-electron chi connectivity index (χ1n) is 6.84. The van der Waals surface area contributed by atoms with Crippen molar-refractivity contribution in [2.45, 2.75) is 12.4 Å². The van der Waals surface area contributed by atoms with E-state index in [0.717, 1.165) is 0 Å². The Kier molecular flexibility index (Phi) is 3.81. The van der Waals surface area contributed by atoms with Gasteiger partial charge in [-0.2, -0.15) is 31.4 Å². The molecule has 0 radical (unpaired) electrons. The Bertz CT molecular complexity index is 972. The maximum Gasteiger partial charge on any atom is 0.416 e. The van der Waals surface area contributed by atoms with Gasteiger partial charge in [0.05, 0.1) is 22.2 Å². The molecule has 0 saturated carbocycles. The molecule has 0 saturated heterocycles. The van der Waals surface area contributed by atoms with Crippen LogP contribution in [0.1, 0.15) is 11.1 Å². The molecule has 9 heteroatoms. The van der Waals surface area contributed by atoms with Gasteiger partial charge >= 0.3 is 12.4 Å². The summed E-state index contributed by atoms with van der Waals surface area (Å²) in [5.74, 6) is 0. The van der Waals surface area contributed by atoms with Crippen molar-refractivity contribution in [2.24, 2.45) is 0 Å². The average Bonchev–Trinajstić information content (AvgIpc) is 2.53. The van der Waals surface area contributed by atoms with Crippen LogP contribution in [0.5, 0.6) is 0 Å². The van der Waals surface area contributed by atoms with Crippen LogP contribution in [0, 0.1) is 0 Å². The molecule has 0 amide bonds. The second-order valence-electron chi connectivity index (χ2n) is 5.24. The number of nitrogens with zero attached hydrogens (tertiary/aromatic N) is 1. The predicted octanol–water partition coefficient (Wildman–Crippen LogP) is 4.63. The van der Waals surface area contributed by atoms with E-state index in [-0.39, 0.29) is 22.5 Å². The summed E-state index contributed by atoms with van der Waals surface area (Å²) in [7, 11) is 0. The molecular formula is C16H8F6N2O. The second-order valence-corrected chi connectivity index (χ2v) is 5.24. The number of benzene rings is 2. The third-order valence-electron chi connectivity index (χ3n) is 3.56. The molecule has 0 fully saturated rings. The molecule has 2 aromatic carbocycles. The Labute approximate surface area is 135 Å². The molecule has 0 aliphatic carbocycles. The van der Waals surface area contributed by atoms with Crippen LogP contribution in [0.4, 0.5) is 26.3 Å². The number of aromatic nitrogens is 2. The van der Waals surface area contributed by atoms with Gasteiger partial charge in [0.2, 0.25) is 0 Å². The van der Waals surface area contributed by atoms with E-state index in [1.807, 2.05) is 0 Å². The summed E-state index contributed by atoms with van der Waals surface area (Å²) in [4.78, 5) is 11.7. The van der Waals surface area contributed by atoms with Crippen LogP contribution in [0.25, 0.3) is 22.0 Å². The zero-order valence-electron chi connectivity index (χ0n) is 12.2. The highest BCUT2D eigenvalue weighted by Gasteiger charge is 2.37. The van der Waals surface area contributed by atoms with E-state index in [2.05, 4.69) is 10.2 Å². The van der Waals surface area contributed by atoms with Gasteiger partial charge in [0, 0.05) is 10.9 Å². The van der Waals surface area contributed by atoms with Gasteiger partial charge in [-0.05, 0) is 24.3 Å². The van der Waals surface area contributed by atoms with Crippen molar-refractivity contribution in [1.29, 1.82) is 0 Å². The Morgan fingerprint density at radius 1 is 0.800 bits per heavy atom. The lowest BCUT2D eigenvalue weighted by Crippen LogP contribution is -2.12. The molecule has 3 aromatic rings. The zero-order valence-corrected chi connectivity index (χ0v) is 12.2. The van der Waals surface area contributed by atoms with Gasteiger partial charge in [0.25, 0.3) is 5.56 Å². The first-order valence-corrected chi connectivity index (χ1v) is 6.84. The van der Waals surface area contributed by atoms with Crippen molar-refractivity contribution in [3.05, 3.63) is 63.9 Å². The predicted molar refractivity (Wildman–Crippen MR) is 77.8 cm³/mol. The second kappa shape index (κ2) is 5.61. The van der Waals surface area contributed by atoms with E-state index in [0.29, 0.717) is 12.1 Å². The number of H-pyrrole nitrogens is 1. The molecule has 3 rings (SSSR count). The number of nitrogens with one attached hydrogen (secondary N) is 1. The molecule has 0 unspecified atom stereocenters. The number of rotatable bonds is 1. The normalized spacial score (nSPS) is 12.6. The SMILES string of the molecule is O=c1[nH]nc(-c2cc(C(F)(F)F)cc(C(F)(F)F)c2)c2ccccc12. The fraction of sp³-hybridized carbons (Fsp3) is 0.125. The van der Waals surface area contributed by atoms with Crippen LogP contribution < -0.4 is 5.56 Å². The lowest BCUT2D eigenvalue weighted by atomic mass is 9.99. The fourth-order valence-corrected chi connectivity index (χ4v) is 2.43. The first-order chi connectivity index (χ1) is 11.6. The Morgan fingerprint density at radius 3 is 1.84 bits per heavy atom. The molecule has 1 heterocycles. The highest BCUT2D eigenvalue weighted by molar-refractivity contribution is 5.93. The monoisotopic (exact) mass is 358 g/mol. The zero-order chi connectivity index (χ0) is 18.4. The smallest absolute Gasteiger partial charge is 0.267 e. The summed E-state index contributed by atoms with van der Waals surface area (Å²) in [6.45, 7) is 0. The number of hydrogen-bond donors (Lipinski definition) is 1. The maximum atomic E-state index is 13.0. The van der Waals surface area contributed by atoms with Gasteiger partial charge in [-0.15, -0.1) is 0 Å². The van der Waals surface area contributed by atoms with Gasteiger partial charge < -0.3 is 0 Å². The third kappa shape index (κ3) is 3.21. The van der Waals surface area contributed by atoms with Crippen molar-refractivity contribution >= 4 is 10.8 Å². The van der Waals surface area contributed by atoms with Crippen LogP contribution in [-0.2, 0) is 12.4 Å². The average molecular weight is 358 g/mol. The fourth-order valence-electron chi connectivity index (χ4n) is 2.43.